The number of carbonyl (C=O) groups is 3. The van der Waals surface area contributed by atoms with Gasteiger partial charge >= 0.3 is 0 Å². The zero-order valence-corrected chi connectivity index (χ0v) is 11.5. The average Bonchev–Trinajstić information content (AvgIpc) is 2.37. The van der Waals surface area contributed by atoms with Gasteiger partial charge in [-0.25, -0.2) is 0 Å². The second-order valence-electron chi connectivity index (χ2n) is 5.76. The van der Waals surface area contributed by atoms with Gasteiger partial charge in [-0.1, -0.05) is 13.8 Å². The molecule has 1 spiro atoms. The van der Waals surface area contributed by atoms with Crippen molar-refractivity contribution in [1.29, 1.82) is 0 Å². The Balaban J connectivity index is 2.15. The van der Waals surface area contributed by atoms with Crippen molar-refractivity contribution >= 4 is 17.7 Å². The van der Waals surface area contributed by atoms with E-state index in [0.29, 0.717) is 19.5 Å². The van der Waals surface area contributed by atoms with Crippen molar-refractivity contribution in [2.24, 2.45) is 11.7 Å². The quantitative estimate of drug-likeness (QED) is 0.714. The minimum atomic E-state index is -0.699. The molecule has 0 aromatic carbocycles. The van der Waals surface area contributed by atoms with E-state index in [1.165, 1.54) is 4.90 Å². The average molecular weight is 267 g/mol. The molecule has 3 amide bonds. The third kappa shape index (κ3) is 2.19. The van der Waals surface area contributed by atoms with Crippen LogP contribution in [0.2, 0.25) is 0 Å². The number of hydrogen-bond acceptors (Lipinski definition) is 3. The fourth-order valence-electron chi connectivity index (χ4n) is 3.03. The molecule has 0 aromatic rings. The van der Waals surface area contributed by atoms with Gasteiger partial charge in [0.25, 0.3) is 5.91 Å². The Labute approximate surface area is 112 Å². The summed E-state index contributed by atoms with van der Waals surface area (Å²) in [6.45, 7) is 4.70. The van der Waals surface area contributed by atoms with Crippen LogP contribution in [0.1, 0.15) is 33.1 Å². The summed E-state index contributed by atoms with van der Waals surface area (Å²) >= 11 is 0. The maximum absolute atomic E-state index is 12.3. The lowest BCUT2D eigenvalue weighted by Gasteiger charge is -2.56. The molecule has 106 valence electrons. The maximum atomic E-state index is 12.3. The Kier molecular flexibility index (Phi) is 3.52. The number of nitrogens with two attached hydrogens (primary N) is 1. The monoisotopic (exact) mass is 267 g/mol. The summed E-state index contributed by atoms with van der Waals surface area (Å²) in [7, 11) is 0. The summed E-state index contributed by atoms with van der Waals surface area (Å²) in [4.78, 5) is 38.6. The van der Waals surface area contributed by atoms with Gasteiger partial charge in [0.1, 0.15) is 5.54 Å². The summed E-state index contributed by atoms with van der Waals surface area (Å²) in [5, 5.41) is 0. The van der Waals surface area contributed by atoms with Crippen LogP contribution in [-0.2, 0) is 14.4 Å². The summed E-state index contributed by atoms with van der Waals surface area (Å²) in [5.74, 6) is -0.736. The third-order valence-electron chi connectivity index (χ3n) is 3.98. The lowest BCUT2D eigenvalue weighted by molar-refractivity contribution is -0.177. The number of likely N-dealkylation sites (tertiary alicyclic amines) is 2. The normalized spacial score (nSPS) is 26.8. The van der Waals surface area contributed by atoms with Gasteiger partial charge in [0, 0.05) is 12.5 Å². The Morgan fingerprint density at radius 3 is 2.58 bits per heavy atom. The van der Waals surface area contributed by atoms with Crippen LogP contribution in [0.4, 0.5) is 0 Å². The van der Waals surface area contributed by atoms with Crippen LogP contribution < -0.4 is 5.73 Å². The van der Waals surface area contributed by atoms with Gasteiger partial charge in [-0.05, 0) is 19.3 Å². The molecule has 2 aliphatic rings. The van der Waals surface area contributed by atoms with Crippen LogP contribution in [0.5, 0.6) is 0 Å². The molecule has 1 atom stereocenters. The smallest absolute Gasteiger partial charge is 0.250 e. The summed E-state index contributed by atoms with van der Waals surface area (Å²) in [6.07, 6.45) is 2.57. The van der Waals surface area contributed by atoms with Crippen LogP contribution in [-0.4, -0.2) is 52.7 Å². The van der Waals surface area contributed by atoms with Gasteiger partial charge < -0.3 is 15.5 Å². The van der Waals surface area contributed by atoms with Gasteiger partial charge in [0.2, 0.25) is 11.8 Å². The van der Waals surface area contributed by atoms with Crippen LogP contribution in [0.3, 0.4) is 0 Å². The predicted molar refractivity (Wildman–Crippen MR) is 68.9 cm³/mol. The molecule has 0 bridgehead atoms. The molecular formula is C13H21N3O3. The number of primary amides is 1. The lowest BCUT2D eigenvalue weighted by atomic mass is 9.78. The highest BCUT2D eigenvalue weighted by atomic mass is 16.2. The largest absolute Gasteiger partial charge is 0.368 e. The zero-order chi connectivity index (χ0) is 14.2. The van der Waals surface area contributed by atoms with E-state index in [4.69, 9.17) is 5.73 Å². The number of β-lactam (4-membered cyclic amide) rings is 1. The van der Waals surface area contributed by atoms with E-state index in [1.54, 1.807) is 4.90 Å². The van der Waals surface area contributed by atoms with Crippen molar-refractivity contribution in [1.82, 2.24) is 9.80 Å². The van der Waals surface area contributed by atoms with Gasteiger partial charge in [-0.15, -0.1) is 0 Å². The Hall–Kier alpha value is -1.59. The van der Waals surface area contributed by atoms with E-state index in [0.717, 1.165) is 12.8 Å². The zero-order valence-electron chi connectivity index (χ0n) is 11.5. The maximum Gasteiger partial charge on any atom is 0.250 e. The van der Waals surface area contributed by atoms with Crippen molar-refractivity contribution in [3.63, 3.8) is 0 Å². The molecular weight excluding hydrogens is 246 g/mol. The van der Waals surface area contributed by atoms with E-state index in [2.05, 4.69) is 0 Å². The van der Waals surface area contributed by atoms with Gasteiger partial charge in [0.05, 0.1) is 13.1 Å². The van der Waals surface area contributed by atoms with E-state index in [-0.39, 0.29) is 24.3 Å². The predicted octanol–water partition coefficient (Wildman–Crippen LogP) is -0.279. The van der Waals surface area contributed by atoms with Gasteiger partial charge in [0.15, 0.2) is 0 Å². The van der Waals surface area contributed by atoms with Crippen molar-refractivity contribution in [3.05, 3.63) is 0 Å². The molecule has 1 unspecified atom stereocenters. The highest BCUT2D eigenvalue weighted by molar-refractivity contribution is 5.99. The number of rotatable bonds is 3. The van der Waals surface area contributed by atoms with E-state index in [1.807, 2.05) is 13.8 Å². The second kappa shape index (κ2) is 4.83. The Morgan fingerprint density at radius 1 is 1.37 bits per heavy atom. The van der Waals surface area contributed by atoms with Gasteiger partial charge in [-0.3, -0.25) is 14.4 Å². The van der Waals surface area contributed by atoms with E-state index < -0.39 is 11.4 Å². The minimum Gasteiger partial charge on any atom is -0.368 e. The summed E-state index contributed by atoms with van der Waals surface area (Å²) in [5.41, 5.74) is 4.41. The molecule has 0 radical (unpaired) electrons. The first-order chi connectivity index (χ1) is 8.88. The minimum absolute atomic E-state index is 0.0202. The molecule has 2 fully saturated rings. The number of hydrogen-bond donors (Lipinski definition) is 1. The number of amides is 3. The highest BCUT2D eigenvalue weighted by Gasteiger charge is 2.58. The fourth-order valence-corrected chi connectivity index (χ4v) is 3.03. The first kappa shape index (κ1) is 13.8. The molecule has 2 rings (SSSR count). The van der Waals surface area contributed by atoms with Crippen LogP contribution >= 0.6 is 0 Å². The molecule has 2 N–H and O–H groups in total. The van der Waals surface area contributed by atoms with Crippen molar-refractivity contribution in [3.8, 4) is 0 Å². The standard InChI is InChI=1S/C13H21N3O3/c1-9(2)11(18)16-6-4-3-5-13(16)8-15(12(13)19)7-10(14)17/h9H,3-8H2,1-2H3,(H2,14,17). The van der Waals surface area contributed by atoms with Crippen molar-refractivity contribution in [2.75, 3.05) is 19.6 Å². The van der Waals surface area contributed by atoms with Crippen LogP contribution in [0.25, 0.3) is 0 Å². The molecule has 0 aliphatic carbocycles. The second-order valence-corrected chi connectivity index (χ2v) is 5.76. The van der Waals surface area contributed by atoms with Crippen molar-refractivity contribution in [2.45, 2.75) is 38.6 Å². The summed E-state index contributed by atoms with van der Waals surface area (Å²) in [6, 6.07) is 0. The molecule has 2 heterocycles. The molecule has 0 saturated carbocycles. The Bertz CT molecular complexity index is 421. The summed E-state index contributed by atoms with van der Waals surface area (Å²) < 4.78 is 0. The van der Waals surface area contributed by atoms with Crippen LogP contribution in [0, 0.1) is 5.92 Å². The highest BCUT2D eigenvalue weighted by Crippen LogP contribution is 2.38. The molecule has 6 heteroatoms. The number of carbonyl (C=O) groups excluding carboxylic acids is 3. The van der Waals surface area contributed by atoms with Crippen molar-refractivity contribution < 1.29 is 14.4 Å². The number of piperidine rings is 1. The molecule has 0 aromatic heterocycles. The lowest BCUT2D eigenvalue weighted by Crippen LogP contribution is -2.77. The first-order valence-corrected chi connectivity index (χ1v) is 6.77. The van der Waals surface area contributed by atoms with Crippen LogP contribution in [0.15, 0.2) is 0 Å². The molecule has 6 nitrogen and oxygen atoms in total. The molecule has 19 heavy (non-hydrogen) atoms. The number of nitrogens with zero attached hydrogens (tertiary/aromatic N) is 2. The van der Waals surface area contributed by atoms with E-state index >= 15 is 0 Å². The third-order valence-corrected chi connectivity index (χ3v) is 3.98. The SMILES string of the molecule is CC(C)C(=O)N1CCCCC12CN(CC(N)=O)C2=O. The first-order valence-electron chi connectivity index (χ1n) is 6.77. The van der Waals surface area contributed by atoms with Gasteiger partial charge in [-0.2, -0.15) is 0 Å². The fraction of sp³-hybridized carbons (Fsp3) is 0.769. The molecule has 2 aliphatic heterocycles. The Morgan fingerprint density at radius 2 is 2.05 bits per heavy atom. The van der Waals surface area contributed by atoms with E-state index in [9.17, 15) is 14.4 Å². The topological polar surface area (TPSA) is 83.7 Å². The molecule has 2 saturated heterocycles.